The van der Waals surface area contributed by atoms with Crippen LogP contribution in [0.15, 0.2) is 53.1 Å². The molecule has 1 aliphatic heterocycles. The molecule has 0 atom stereocenters. The SMILES string of the molecule is Cc1onc(-c2ccc(F)cc2)c1C(=O)N1CCN(CCOc2ccccc2Cl)CC1. The Morgan fingerprint density at radius 3 is 2.55 bits per heavy atom. The summed E-state index contributed by atoms with van der Waals surface area (Å²) in [6.07, 6.45) is 0. The molecular weight excluding hydrogens is 421 g/mol. The fourth-order valence-corrected chi connectivity index (χ4v) is 3.80. The summed E-state index contributed by atoms with van der Waals surface area (Å²) in [5, 5.41) is 4.64. The van der Waals surface area contributed by atoms with Crippen LogP contribution in [0.5, 0.6) is 5.75 Å². The normalized spacial score (nSPS) is 14.6. The van der Waals surface area contributed by atoms with E-state index in [1.54, 1.807) is 30.0 Å². The number of ether oxygens (including phenoxy) is 1. The largest absolute Gasteiger partial charge is 0.491 e. The van der Waals surface area contributed by atoms with E-state index in [9.17, 15) is 9.18 Å². The molecule has 162 valence electrons. The minimum atomic E-state index is -0.341. The van der Waals surface area contributed by atoms with Crippen molar-refractivity contribution in [1.29, 1.82) is 0 Å². The predicted molar refractivity (Wildman–Crippen MR) is 116 cm³/mol. The van der Waals surface area contributed by atoms with Crippen molar-refractivity contribution in [2.45, 2.75) is 6.92 Å². The first-order valence-corrected chi connectivity index (χ1v) is 10.5. The van der Waals surface area contributed by atoms with Crippen LogP contribution in [0, 0.1) is 12.7 Å². The highest BCUT2D eigenvalue weighted by molar-refractivity contribution is 6.32. The minimum absolute atomic E-state index is 0.120. The lowest BCUT2D eigenvalue weighted by atomic mass is 10.0. The molecule has 2 aromatic carbocycles. The second kappa shape index (κ2) is 9.49. The van der Waals surface area contributed by atoms with E-state index in [0.717, 1.165) is 19.6 Å². The molecule has 0 saturated carbocycles. The van der Waals surface area contributed by atoms with Gasteiger partial charge in [-0.15, -0.1) is 0 Å². The predicted octanol–water partition coefficient (Wildman–Crippen LogP) is 4.28. The van der Waals surface area contributed by atoms with Crippen molar-refractivity contribution >= 4 is 17.5 Å². The van der Waals surface area contributed by atoms with Gasteiger partial charge < -0.3 is 14.2 Å². The van der Waals surface area contributed by atoms with E-state index in [4.69, 9.17) is 20.9 Å². The Labute approximate surface area is 185 Å². The number of nitrogens with zero attached hydrogens (tertiary/aromatic N) is 3. The van der Waals surface area contributed by atoms with Gasteiger partial charge in [0, 0.05) is 38.3 Å². The van der Waals surface area contributed by atoms with Crippen LogP contribution in [0.2, 0.25) is 5.02 Å². The molecule has 0 unspecified atom stereocenters. The van der Waals surface area contributed by atoms with Gasteiger partial charge in [0.25, 0.3) is 5.91 Å². The molecule has 31 heavy (non-hydrogen) atoms. The van der Waals surface area contributed by atoms with Gasteiger partial charge in [0.1, 0.15) is 35.2 Å². The molecule has 1 fully saturated rings. The first kappa shape index (κ1) is 21.3. The van der Waals surface area contributed by atoms with Crippen molar-refractivity contribution in [3.8, 4) is 17.0 Å². The van der Waals surface area contributed by atoms with Gasteiger partial charge in [-0.1, -0.05) is 28.9 Å². The van der Waals surface area contributed by atoms with Crippen LogP contribution in [0.25, 0.3) is 11.3 Å². The Morgan fingerprint density at radius 2 is 1.84 bits per heavy atom. The van der Waals surface area contributed by atoms with Crippen molar-refractivity contribution in [2.75, 3.05) is 39.3 Å². The van der Waals surface area contributed by atoms with Crippen LogP contribution in [0.1, 0.15) is 16.1 Å². The van der Waals surface area contributed by atoms with Crippen LogP contribution >= 0.6 is 11.6 Å². The van der Waals surface area contributed by atoms with Crippen LogP contribution in [-0.2, 0) is 0 Å². The fraction of sp³-hybridized carbons (Fsp3) is 0.304. The standard InChI is InChI=1S/C23H23ClFN3O3/c1-16-21(22(26-31-16)17-6-8-18(25)9-7-17)23(29)28-12-10-27(11-13-28)14-15-30-20-5-3-2-4-19(20)24/h2-9H,10-15H2,1H3. The Balaban J connectivity index is 1.34. The van der Waals surface area contributed by atoms with Gasteiger partial charge in [-0.3, -0.25) is 9.69 Å². The molecule has 1 amide bonds. The molecule has 1 aliphatic rings. The summed E-state index contributed by atoms with van der Waals surface area (Å²) in [6.45, 7) is 5.67. The number of carbonyl (C=O) groups is 1. The molecule has 0 spiro atoms. The van der Waals surface area contributed by atoms with E-state index >= 15 is 0 Å². The molecule has 0 N–H and O–H groups in total. The molecular formula is C23H23ClFN3O3. The monoisotopic (exact) mass is 443 g/mol. The maximum absolute atomic E-state index is 13.3. The third-order valence-electron chi connectivity index (χ3n) is 5.36. The quantitative estimate of drug-likeness (QED) is 0.569. The molecule has 6 nitrogen and oxygen atoms in total. The Bertz CT molecular complexity index is 1050. The Morgan fingerprint density at radius 1 is 1.13 bits per heavy atom. The zero-order valence-corrected chi connectivity index (χ0v) is 17.9. The topological polar surface area (TPSA) is 58.8 Å². The summed E-state index contributed by atoms with van der Waals surface area (Å²) in [5.74, 6) is 0.672. The van der Waals surface area contributed by atoms with Gasteiger partial charge in [-0.2, -0.15) is 0 Å². The fourth-order valence-electron chi connectivity index (χ4n) is 3.61. The second-order valence-corrected chi connectivity index (χ2v) is 7.79. The van der Waals surface area contributed by atoms with E-state index in [1.807, 2.05) is 18.2 Å². The molecule has 2 heterocycles. The first-order valence-electron chi connectivity index (χ1n) is 10.1. The highest BCUT2D eigenvalue weighted by Crippen LogP contribution is 2.27. The van der Waals surface area contributed by atoms with Crippen molar-refractivity contribution in [3.63, 3.8) is 0 Å². The summed E-state index contributed by atoms with van der Waals surface area (Å²) >= 11 is 6.11. The lowest BCUT2D eigenvalue weighted by Crippen LogP contribution is -2.49. The maximum atomic E-state index is 13.3. The highest BCUT2D eigenvalue weighted by Gasteiger charge is 2.28. The number of rotatable bonds is 6. The Hall–Kier alpha value is -2.90. The third kappa shape index (κ3) is 4.89. The van der Waals surface area contributed by atoms with Gasteiger partial charge in [0.2, 0.25) is 0 Å². The van der Waals surface area contributed by atoms with E-state index in [2.05, 4.69) is 10.1 Å². The number of benzene rings is 2. The number of halogens is 2. The zero-order valence-electron chi connectivity index (χ0n) is 17.2. The van der Waals surface area contributed by atoms with Gasteiger partial charge in [0.15, 0.2) is 0 Å². The number of amides is 1. The number of hydrogen-bond acceptors (Lipinski definition) is 5. The van der Waals surface area contributed by atoms with Crippen molar-refractivity contribution in [3.05, 3.63) is 70.7 Å². The average Bonchev–Trinajstić information content (AvgIpc) is 3.17. The number of piperazine rings is 1. The van der Waals surface area contributed by atoms with Crippen LogP contribution in [0.4, 0.5) is 4.39 Å². The first-order chi connectivity index (χ1) is 15.0. The van der Waals surface area contributed by atoms with E-state index in [-0.39, 0.29) is 11.7 Å². The molecule has 3 aromatic rings. The van der Waals surface area contributed by atoms with E-state index in [0.29, 0.717) is 53.0 Å². The summed E-state index contributed by atoms with van der Waals surface area (Å²) in [7, 11) is 0. The lowest BCUT2D eigenvalue weighted by molar-refractivity contribution is 0.0619. The van der Waals surface area contributed by atoms with Gasteiger partial charge in [-0.05, 0) is 43.3 Å². The average molecular weight is 444 g/mol. The summed E-state index contributed by atoms with van der Waals surface area (Å²) < 4.78 is 24.3. The van der Waals surface area contributed by atoms with Gasteiger partial charge in [-0.25, -0.2) is 4.39 Å². The molecule has 1 aromatic heterocycles. The van der Waals surface area contributed by atoms with Crippen LogP contribution in [-0.4, -0.2) is 60.2 Å². The molecule has 8 heteroatoms. The number of aryl methyl sites for hydroxylation is 1. The summed E-state index contributed by atoms with van der Waals surface area (Å²) in [6, 6.07) is 13.3. The van der Waals surface area contributed by atoms with Crippen LogP contribution in [0.3, 0.4) is 0 Å². The Kier molecular flexibility index (Phi) is 6.53. The zero-order chi connectivity index (χ0) is 21.8. The number of carbonyl (C=O) groups excluding carboxylic acids is 1. The van der Waals surface area contributed by atoms with E-state index < -0.39 is 0 Å². The lowest BCUT2D eigenvalue weighted by Gasteiger charge is -2.34. The molecule has 1 saturated heterocycles. The van der Waals surface area contributed by atoms with Gasteiger partial charge in [0.05, 0.1) is 5.02 Å². The minimum Gasteiger partial charge on any atom is -0.491 e. The molecule has 4 rings (SSSR count). The smallest absolute Gasteiger partial charge is 0.259 e. The van der Waals surface area contributed by atoms with Crippen molar-refractivity contribution in [1.82, 2.24) is 15.0 Å². The van der Waals surface area contributed by atoms with E-state index in [1.165, 1.54) is 12.1 Å². The molecule has 0 bridgehead atoms. The van der Waals surface area contributed by atoms with Crippen molar-refractivity contribution < 1.29 is 18.4 Å². The number of aromatic nitrogens is 1. The number of para-hydroxylation sites is 1. The maximum Gasteiger partial charge on any atom is 0.259 e. The summed E-state index contributed by atoms with van der Waals surface area (Å²) in [4.78, 5) is 17.2. The summed E-state index contributed by atoms with van der Waals surface area (Å²) in [5.41, 5.74) is 1.53. The third-order valence-corrected chi connectivity index (χ3v) is 5.67. The molecule has 0 aliphatic carbocycles. The van der Waals surface area contributed by atoms with Crippen molar-refractivity contribution in [2.24, 2.45) is 0 Å². The van der Waals surface area contributed by atoms with Crippen LogP contribution < -0.4 is 4.74 Å². The number of hydrogen-bond donors (Lipinski definition) is 0. The highest BCUT2D eigenvalue weighted by atomic mass is 35.5. The van der Waals surface area contributed by atoms with Gasteiger partial charge >= 0.3 is 0 Å². The second-order valence-electron chi connectivity index (χ2n) is 7.38. The molecule has 0 radical (unpaired) electrons.